The van der Waals surface area contributed by atoms with E-state index in [2.05, 4.69) is 13.8 Å². The normalized spacial score (nSPS) is 28.5. The molecule has 0 aromatic heterocycles. The van der Waals surface area contributed by atoms with Gasteiger partial charge in [0.05, 0.1) is 12.0 Å². The van der Waals surface area contributed by atoms with Crippen LogP contribution in [0.4, 0.5) is 0 Å². The Morgan fingerprint density at radius 1 is 0.667 bits per heavy atom. The average Bonchev–Trinajstić information content (AvgIpc) is 2.88. The Kier molecular flexibility index (Phi) is 11.6. The zero-order valence-electron chi connectivity index (χ0n) is 22.4. The van der Waals surface area contributed by atoms with E-state index in [9.17, 15) is 4.79 Å². The van der Waals surface area contributed by atoms with Crippen LogP contribution in [0.3, 0.4) is 0 Å². The minimum Gasteiger partial charge on any atom is -0.465 e. The molecule has 0 aromatic rings. The van der Waals surface area contributed by atoms with Gasteiger partial charge >= 0.3 is 5.97 Å². The van der Waals surface area contributed by atoms with E-state index in [1.54, 1.807) is 0 Å². The summed E-state index contributed by atoms with van der Waals surface area (Å²) in [5, 5.41) is 0. The lowest BCUT2D eigenvalue weighted by Gasteiger charge is -2.54. The minimum atomic E-state index is -0.183. The highest BCUT2D eigenvalue weighted by Gasteiger charge is 2.57. The van der Waals surface area contributed by atoms with E-state index < -0.39 is 0 Å². The van der Waals surface area contributed by atoms with Crippen molar-refractivity contribution < 1.29 is 9.53 Å². The molecule has 3 rings (SSSR count). The van der Waals surface area contributed by atoms with Gasteiger partial charge in [-0.15, -0.1) is 0 Å². The predicted molar refractivity (Wildman–Crippen MR) is 140 cm³/mol. The molecule has 2 heteroatoms. The van der Waals surface area contributed by atoms with Gasteiger partial charge in [0.25, 0.3) is 0 Å². The molecular formula is C31H56O2. The second kappa shape index (κ2) is 14.1. The number of hydrogen-bond donors (Lipinski definition) is 0. The second-order valence-electron chi connectivity index (χ2n) is 12.1. The van der Waals surface area contributed by atoms with E-state index in [4.69, 9.17) is 4.74 Å². The fraction of sp³-hybridized carbons (Fsp3) is 0.968. The largest absolute Gasteiger partial charge is 0.465 e. The molecule has 0 saturated heterocycles. The Morgan fingerprint density at radius 2 is 1.21 bits per heavy atom. The molecule has 0 atom stereocenters. The number of hydrogen-bond acceptors (Lipinski definition) is 2. The van der Waals surface area contributed by atoms with E-state index in [0.717, 1.165) is 37.5 Å². The summed E-state index contributed by atoms with van der Waals surface area (Å²) in [6, 6.07) is 0. The molecule has 3 fully saturated rings. The second-order valence-corrected chi connectivity index (χ2v) is 12.1. The smallest absolute Gasteiger partial charge is 0.312 e. The lowest BCUT2D eigenvalue weighted by Crippen LogP contribution is -2.51. The molecule has 0 unspecified atom stereocenters. The number of carbonyl (C=O) groups is 1. The summed E-state index contributed by atoms with van der Waals surface area (Å²) in [4.78, 5) is 13.8. The van der Waals surface area contributed by atoms with Gasteiger partial charge in [-0.05, 0) is 68.6 Å². The molecule has 33 heavy (non-hydrogen) atoms. The van der Waals surface area contributed by atoms with Crippen molar-refractivity contribution in [2.45, 2.75) is 162 Å². The van der Waals surface area contributed by atoms with Gasteiger partial charge in [-0.2, -0.15) is 0 Å². The van der Waals surface area contributed by atoms with Crippen LogP contribution in [0.1, 0.15) is 162 Å². The van der Waals surface area contributed by atoms with Gasteiger partial charge in [0.1, 0.15) is 0 Å². The molecular weight excluding hydrogens is 404 g/mol. The van der Waals surface area contributed by atoms with Crippen molar-refractivity contribution in [3.8, 4) is 0 Å². The Balaban J connectivity index is 1.51. The number of unbranched alkanes of at least 4 members (excludes halogenated alkanes) is 7. The molecule has 3 saturated carbocycles. The van der Waals surface area contributed by atoms with Gasteiger partial charge in [-0.25, -0.2) is 0 Å². The van der Waals surface area contributed by atoms with E-state index in [-0.39, 0.29) is 16.8 Å². The van der Waals surface area contributed by atoms with Gasteiger partial charge < -0.3 is 4.74 Å². The third-order valence-corrected chi connectivity index (χ3v) is 10.3. The lowest BCUT2D eigenvalue weighted by molar-refractivity contribution is -0.175. The summed E-state index contributed by atoms with van der Waals surface area (Å²) in [5.41, 5.74) is 0.0205. The number of rotatable bonds is 13. The first-order chi connectivity index (χ1) is 16.2. The van der Waals surface area contributed by atoms with E-state index in [1.807, 2.05) is 0 Å². The Morgan fingerprint density at radius 3 is 1.82 bits per heavy atom. The summed E-state index contributed by atoms with van der Waals surface area (Å²) in [6.07, 6.45) is 30.0. The molecule has 3 aliphatic carbocycles. The summed E-state index contributed by atoms with van der Waals surface area (Å²) < 4.78 is 6.11. The Labute approximate surface area is 206 Å². The van der Waals surface area contributed by atoms with Crippen molar-refractivity contribution in [3.63, 3.8) is 0 Å². The van der Waals surface area contributed by atoms with E-state index in [1.165, 1.54) is 122 Å². The quantitative estimate of drug-likeness (QED) is 0.202. The van der Waals surface area contributed by atoms with Gasteiger partial charge in [-0.3, -0.25) is 4.79 Å². The maximum Gasteiger partial charge on any atom is 0.312 e. The van der Waals surface area contributed by atoms with Gasteiger partial charge in [-0.1, -0.05) is 110 Å². The Hall–Kier alpha value is -0.530. The summed E-state index contributed by atoms with van der Waals surface area (Å²) in [6.45, 7) is 5.31. The van der Waals surface area contributed by atoms with Gasteiger partial charge in [0.15, 0.2) is 0 Å². The molecule has 2 nitrogen and oxygen atoms in total. The average molecular weight is 461 g/mol. The minimum absolute atomic E-state index is 0.183. The van der Waals surface area contributed by atoms with Crippen molar-refractivity contribution in [1.82, 2.24) is 0 Å². The van der Waals surface area contributed by atoms with E-state index in [0.29, 0.717) is 6.61 Å². The van der Waals surface area contributed by atoms with Crippen LogP contribution >= 0.6 is 0 Å². The molecule has 0 N–H and O–H groups in total. The van der Waals surface area contributed by atoms with Crippen LogP contribution in [0.5, 0.6) is 0 Å². The molecule has 0 aliphatic heterocycles. The van der Waals surface area contributed by atoms with Crippen LogP contribution in [-0.2, 0) is 9.53 Å². The molecule has 0 heterocycles. The first-order valence-electron chi connectivity index (χ1n) is 15.3. The predicted octanol–water partition coefficient (Wildman–Crippen LogP) is 9.79. The topological polar surface area (TPSA) is 26.3 Å². The van der Waals surface area contributed by atoms with Crippen molar-refractivity contribution in [1.29, 1.82) is 0 Å². The van der Waals surface area contributed by atoms with Crippen molar-refractivity contribution >= 4 is 5.97 Å². The Bertz CT molecular complexity index is 533. The van der Waals surface area contributed by atoms with Crippen LogP contribution in [-0.4, -0.2) is 12.6 Å². The molecule has 0 radical (unpaired) electrons. The van der Waals surface area contributed by atoms with Crippen molar-refractivity contribution in [2.75, 3.05) is 6.61 Å². The summed E-state index contributed by atoms with van der Waals surface area (Å²) in [7, 11) is 0. The zero-order chi connectivity index (χ0) is 23.4. The van der Waals surface area contributed by atoms with E-state index >= 15 is 0 Å². The summed E-state index contributed by atoms with van der Waals surface area (Å²) in [5.74, 6) is 2.10. The highest BCUT2D eigenvalue weighted by atomic mass is 16.5. The van der Waals surface area contributed by atoms with Gasteiger partial charge in [0, 0.05) is 0 Å². The molecule has 0 spiro atoms. The standard InChI is InChI=1S/C31H56O2/c1-3-5-6-7-8-9-10-17-26-33-29(32)31(22-15-12-16-23-31)30(4-2)24-20-28(21-25-30)27-18-13-11-14-19-27/h27-28H,3-26H2,1-2H3. The first-order valence-corrected chi connectivity index (χ1v) is 15.3. The SMILES string of the molecule is CCCCCCCCCCOC(=O)C1(C2(CC)CCC(C3CCCCC3)CC2)CCCCC1. The molecule has 192 valence electrons. The first kappa shape index (κ1) is 27.1. The highest BCUT2D eigenvalue weighted by Crippen LogP contribution is 2.60. The fourth-order valence-corrected chi connectivity index (χ4v) is 8.09. The monoisotopic (exact) mass is 460 g/mol. The van der Waals surface area contributed by atoms with Crippen LogP contribution in [0.15, 0.2) is 0 Å². The summed E-state index contributed by atoms with van der Waals surface area (Å²) >= 11 is 0. The van der Waals surface area contributed by atoms with Crippen LogP contribution in [0, 0.1) is 22.7 Å². The van der Waals surface area contributed by atoms with Crippen LogP contribution < -0.4 is 0 Å². The van der Waals surface area contributed by atoms with Gasteiger partial charge in [0.2, 0.25) is 0 Å². The number of carbonyl (C=O) groups excluding carboxylic acids is 1. The van der Waals surface area contributed by atoms with Crippen LogP contribution in [0.2, 0.25) is 0 Å². The number of ether oxygens (including phenoxy) is 1. The van der Waals surface area contributed by atoms with Crippen LogP contribution in [0.25, 0.3) is 0 Å². The molecule has 3 aliphatic rings. The van der Waals surface area contributed by atoms with Crippen molar-refractivity contribution in [3.05, 3.63) is 0 Å². The fourth-order valence-electron chi connectivity index (χ4n) is 8.09. The third-order valence-electron chi connectivity index (χ3n) is 10.3. The maximum absolute atomic E-state index is 13.8. The zero-order valence-corrected chi connectivity index (χ0v) is 22.4. The molecule has 0 bridgehead atoms. The lowest BCUT2D eigenvalue weighted by atomic mass is 9.49. The molecule has 0 amide bonds. The molecule has 0 aromatic carbocycles. The third kappa shape index (κ3) is 7.00. The highest BCUT2D eigenvalue weighted by molar-refractivity contribution is 5.78. The van der Waals surface area contributed by atoms with Crippen molar-refractivity contribution in [2.24, 2.45) is 22.7 Å². The number of esters is 1. The maximum atomic E-state index is 13.8.